The van der Waals surface area contributed by atoms with E-state index in [0.29, 0.717) is 32.0 Å². The van der Waals surface area contributed by atoms with Crippen LogP contribution in [-0.2, 0) is 0 Å². The summed E-state index contributed by atoms with van der Waals surface area (Å²) in [5.74, 6) is -0.286. The van der Waals surface area contributed by atoms with Crippen LogP contribution in [0, 0.1) is 11.3 Å². The molecule has 0 unspecified atom stereocenters. The lowest BCUT2D eigenvalue weighted by atomic mass is 10.1. The topological polar surface area (TPSA) is 78.9 Å². The molecule has 0 aliphatic carbocycles. The van der Waals surface area contributed by atoms with Gasteiger partial charge >= 0.3 is 0 Å². The van der Waals surface area contributed by atoms with Gasteiger partial charge in [-0.25, -0.2) is 0 Å². The highest BCUT2D eigenvalue weighted by atomic mass is 79.9. The molecule has 0 spiro atoms. The Morgan fingerprint density at radius 2 is 2.05 bits per heavy atom. The maximum Gasteiger partial charge on any atom is 0.255 e. The van der Waals surface area contributed by atoms with Crippen molar-refractivity contribution in [3.05, 3.63) is 57.0 Å². The van der Waals surface area contributed by atoms with Crippen molar-refractivity contribution in [1.29, 1.82) is 5.26 Å². The van der Waals surface area contributed by atoms with Crippen LogP contribution in [0.15, 0.2) is 40.9 Å². The second-order valence-electron chi connectivity index (χ2n) is 4.00. The monoisotopic (exact) mass is 349 g/mol. The van der Waals surface area contributed by atoms with Gasteiger partial charge in [-0.15, -0.1) is 0 Å². The molecule has 0 fully saturated rings. The molecule has 0 saturated heterocycles. The van der Waals surface area contributed by atoms with Crippen molar-refractivity contribution in [2.75, 3.05) is 11.1 Å². The van der Waals surface area contributed by atoms with E-state index in [-0.39, 0.29) is 5.91 Å². The van der Waals surface area contributed by atoms with E-state index in [0.717, 1.165) is 0 Å². The van der Waals surface area contributed by atoms with Crippen molar-refractivity contribution in [3.63, 3.8) is 0 Å². The summed E-state index contributed by atoms with van der Waals surface area (Å²) in [7, 11) is 0. The summed E-state index contributed by atoms with van der Waals surface area (Å²) < 4.78 is 0.656. The lowest BCUT2D eigenvalue weighted by molar-refractivity contribution is 0.102. The number of carbonyl (C=O) groups is 1. The second-order valence-corrected chi connectivity index (χ2v) is 5.26. The lowest BCUT2D eigenvalue weighted by Crippen LogP contribution is -2.12. The van der Waals surface area contributed by atoms with Gasteiger partial charge in [0.1, 0.15) is 6.07 Å². The van der Waals surface area contributed by atoms with Gasteiger partial charge in [-0.1, -0.05) is 11.6 Å². The molecule has 1 amide bonds. The van der Waals surface area contributed by atoms with Gasteiger partial charge in [0.15, 0.2) is 0 Å². The Morgan fingerprint density at radius 3 is 2.65 bits per heavy atom. The van der Waals surface area contributed by atoms with Crippen LogP contribution in [0.4, 0.5) is 11.4 Å². The molecule has 6 heteroatoms. The van der Waals surface area contributed by atoms with E-state index >= 15 is 0 Å². The summed E-state index contributed by atoms with van der Waals surface area (Å²) in [4.78, 5) is 12.1. The highest BCUT2D eigenvalue weighted by Crippen LogP contribution is 2.23. The number of nitrogens with one attached hydrogen (secondary N) is 1. The number of benzene rings is 2. The predicted molar refractivity (Wildman–Crippen MR) is 82.7 cm³/mol. The van der Waals surface area contributed by atoms with Gasteiger partial charge in [-0.05, 0) is 52.3 Å². The number of nitriles is 1. The number of anilines is 2. The van der Waals surface area contributed by atoms with Gasteiger partial charge in [0, 0.05) is 21.4 Å². The van der Waals surface area contributed by atoms with Crippen LogP contribution in [0.2, 0.25) is 5.02 Å². The van der Waals surface area contributed by atoms with Crippen molar-refractivity contribution in [1.82, 2.24) is 0 Å². The number of halogens is 2. The zero-order valence-corrected chi connectivity index (χ0v) is 12.5. The zero-order valence-electron chi connectivity index (χ0n) is 10.2. The highest BCUT2D eigenvalue weighted by molar-refractivity contribution is 9.10. The Labute approximate surface area is 129 Å². The lowest BCUT2D eigenvalue weighted by Gasteiger charge is -2.07. The van der Waals surface area contributed by atoms with Crippen LogP contribution in [0.25, 0.3) is 0 Å². The van der Waals surface area contributed by atoms with E-state index in [1.807, 2.05) is 6.07 Å². The summed E-state index contributed by atoms with van der Waals surface area (Å²) >= 11 is 9.18. The molecule has 2 rings (SSSR count). The third-order valence-electron chi connectivity index (χ3n) is 2.61. The van der Waals surface area contributed by atoms with Crippen molar-refractivity contribution < 1.29 is 4.79 Å². The van der Waals surface area contributed by atoms with Crippen LogP contribution >= 0.6 is 27.5 Å². The number of nitrogens with zero attached hydrogens (tertiary/aromatic N) is 1. The second kappa shape index (κ2) is 5.95. The average Bonchev–Trinajstić information content (AvgIpc) is 2.42. The molecule has 0 bridgehead atoms. The molecule has 2 aromatic rings. The number of hydrogen-bond donors (Lipinski definition) is 2. The standard InChI is InChI=1S/C14H9BrClN3O/c15-11-5-8(2-4-13(11)18)14(20)19-10-3-1-9(7-17)12(16)6-10/h1-6H,18H2,(H,19,20). The molecule has 4 nitrogen and oxygen atoms in total. The summed E-state index contributed by atoms with van der Waals surface area (Å²) in [5, 5.41) is 11.8. The fourth-order valence-corrected chi connectivity index (χ4v) is 2.16. The fraction of sp³-hybridized carbons (Fsp3) is 0. The van der Waals surface area contributed by atoms with Gasteiger partial charge in [0.05, 0.1) is 10.6 Å². The first-order chi connectivity index (χ1) is 9.51. The van der Waals surface area contributed by atoms with Crippen LogP contribution in [0.5, 0.6) is 0 Å². The van der Waals surface area contributed by atoms with Crippen LogP contribution in [0.1, 0.15) is 15.9 Å². The molecule has 0 saturated carbocycles. The number of carbonyl (C=O) groups excluding carboxylic acids is 1. The molecule has 2 aromatic carbocycles. The largest absolute Gasteiger partial charge is 0.398 e. The van der Waals surface area contributed by atoms with Crippen LogP contribution in [0.3, 0.4) is 0 Å². The van der Waals surface area contributed by atoms with Crippen molar-refractivity contribution >= 4 is 44.8 Å². The SMILES string of the molecule is N#Cc1ccc(NC(=O)c2ccc(N)c(Br)c2)cc1Cl. The van der Waals surface area contributed by atoms with E-state index in [1.54, 1.807) is 30.3 Å². The van der Waals surface area contributed by atoms with E-state index in [2.05, 4.69) is 21.2 Å². The molecule has 0 aromatic heterocycles. The van der Waals surface area contributed by atoms with Gasteiger partial charge in [0.2, 0.25) is 0 Å². The maximum atomic E-state index is 12.1. The fourth-order valence-electron chi connectivity index (χ4n) is 1.56. The van der Waals surface area contributed by atoms with Gasteiger partial charge in [0.25, 0.3) is 5.91 Å². The molecular formula is C14H9BrClN3O. The van der Waals surface area contributed by atoms with Crippen molar-refractivity contribution in [2.45, 2.75) is 0 Å². The van der Waals surface area contributed by atoms with Gasteiger partial charge in [-0.2, -0.15) is 5.26 Å². The molecule has 0 heterocycles. The minimum atomic E-state index is -0.286. The average molecular weight is 351 g/mol. The number of nitrogens with two attached hydrogens (primary N) is 1. The highest BCUT2D eigenvalue weighted by Gasteiger charge is 2.09. The Hall–Kier alpha value is -2.03. The first-order valence-corrected chi connectivity index (χ1v) is 6.74. The third kappa shape index (κ3) is 3.10. The molecule has 20 heavy (non-hydrogen) atoms. The van der Waals surface area contributed by atoms with E-state index < -0.39 is 0 Å². The smallest absolute Gasteiger partial charge is 0.255 e. The molecule has 0 radical (unpaired) electrons. The van der Waals surface area contributed by atoms with Gasteiger partial charge < -0.3 is 11.1 Å². The Bertz CT molecular complexity index is 725. The Kier molecular flexibility index (Phi) is 4.28. The summed E-state index contributed by atoms with van der Waals surface area (Å²) in [6.45, 7) is 0. The van der Waals surface area contributed by atoms with Gasteiger partial charge in [-0.3, -0.25) is 4.79 Å². The molecule has 0 aliphatic heterocycles. The Balaban J connectivity index is 2.21. The summed E-state index contributed by atoms with van der Waals surface area (Å²) in [5.41, 5.74) is 7.57. The number of rotatable bonds is 2. The van der Waals surface area contributed by atoms with Crippen molar-refractivity contribution in [3.8, 4) is 6.07 Å². The molecular weight excluding hydrogens is 342 g/mol. The first-order valence-electron chi connectivity index (χ1n) is 5.57. The molecule has 100 valence electrons. The molecule has 0 aliphatic rings. The molecule has 0 atom stereocenters. The number of nitrogen functional groups attached to an aromatic ring is 1. The zero-order chi connectivity index (χ0) is 14.7. The minimum Gasteiger partial charge on any atom is -0.398 e. The molecule has 3 N–H and O–H groups in total. The van der Waals surface area contributed by atoms with E-state index in [4.69, 9.17) is 22.6 Å². The summed E-state index contributed by atoms with van der Waals surface area (Å²) in [6, 6.07) is 11.6. The maximum absolute atomic E-state index is 12.1. The third-order valence-corrected chi connectivity index (χ3v) is 3.61. The van der Waals surface area contributed by atoms with Crippen LogP contribution in [-0.4, -0.2) is 5.91 Å². The van der Waals surface area contributed by atoms with E-state index in [1.165, 1.54) is 6.07 Å². The minimum absolute atomic E-state index is 0.286. The number of hydrogen-bond acceptors (Lipinski definition) is 3. The van der Waals surface area contributed by atoms with Crippen LogP contribution < -0.4 is 11.1 Å². The number of amides is 1. The van der Waals surface area contributed by atoms with Crippen molar-refractivity contribution in [2.24, 2.45) is 0 Å². The Morgan fingerprint density at radius 1 is 1.30 bits per heavy atom. The predicted octanol–water partition coefficient (Wildman–Crippen LogP) is 3.81. The normalized spacial score (nSPS) is 9.85. The van der Waals surface area contributed by atoms with E-state index in [9.17, 15) is 4.79 Å². The summed E-state index contributed by atoms with van der Waals surface area (Å²) in [6.07, 6.45) is 0. The first kappa shape index (κ1) is 14.4. The quantitative estimate of drug-likeness (QED) is 0.808.